The van der Waals surface area contributed by atoms with Gasteiger partial charge in [-0.05, 0) is 18.8 Å². The highest BCUT2D eigenvalue weighted by atomic mass is 15.4. The van der Waals surface area contributed by atoms with Crippen molar-refractivity contribution in [3.05, 3.63) is 11.9 Å². The second-order valence-electron chi connectivity index (χ2n) is 3.92. The van der Waals surface area contributed by atoms with Gasteiger partial charge in [0.2, 0.25) is 0 Å². The molecule has 0 spiro atoms. The van der Waals surface area contributed by atoms with E-state index in [9.17, 15) is 0 Å². The highest BCUT2D eigenvalue weighted by Crippen LogP contribution is 2.24. The van der Waals surface area contributed by atoms with Crippen molar-refractivity contribution in [1.82, 2.24) is 15.0 Å². The molecule has 0 amide bonds. The number of aromatic nitrogens is 3. The molecule has 14 heavy (non-hydrogen) atoms. The fourth-order valence-corrected chi connectivity index (χ4v) is 2.09. The molecule has 1 aromatic rings. The van der Waals surface area contributed by atoms with E-state index in [1.165, 1.54) is 38.3 Å². The fraction of sp³-hybridized carbons (Fsp3) is 0.700. The Labute approximate surface area is 83.5 Å². The monoisotopic (exact) mass is 190 g/mol. The molecule has 1 fully saturated rings. The topological polar surface area (TPSA) is 54.5 Å². The van der Waals surface area contributed by atoms with Crippen molar-refractivity contribution in [2.24, 2.45) is 5.92 Å². The van der Waals surface area contributed by atoms with Crippen LogP contribution in [0.3, 0.4) is 0 Å². The summed E-state index contributed by atoms with van der Waals surface area (Å²) in [5.74, 6) is 0.692. The zero-order valence-corrected chi connectivity index (χ0v) is 8.19. The Morgan fingerprint density at radius 1 is 1.43 bits per heavy atom. The van der Waals surface area contributed by atoms with Crippen molar-refractivity contribution < 1.29 is 0 Å². The van der Waals surface area contributed by atoms with Crippen LogP contribution in [0.15, 0.2) is 6.20 Å². The van der Waals surface area contributed by atoms with Crippen LogP contribution in [0.5, 0.6) is 0 Å². The number of nitrogens with zero attached hydrogens (tertiary/aromatic N) is 4. The second kappa shape index (κ2) is 4.23. The van der Waals surface area contributed by atoms with E-state index in [0.717, 1.165) is 6.54 Å². The van der Waals surface area contributed by atoms with Gasteiger partial charge in [-0.3, -0.25) is 0 Å². The zero-order chi connectivity index (χ0) is 9.80. The Balaban J connectivity index is 1.99. The molecular formula is C10H14N4. The maximum Gasteiger partial charge on any atom is 0.158 e. The molecule has 1 aromatic heterocycles. The van der Waals surface area contributed by atoms with Crippen molar-refractivity contribution >= 4 is 0 Å². The van der Waals surface area contributed by atoms with Gasteiger partial charge in [0, 0.05) is 6.54 Å². The van der Waals surface area contributed by atoms with E-state index >= 15 is 0 Å². The van der Waals surface area contributed by atoms with Gasteiger partial charge < -0.3 is 0 Å². The summed E-state index contributed by atoms with van der Waals surface area (Å²) in [5, 5.41) is 16.5. The Hall–Kier alpha value is -1.37. The van der Waals surface area contributed by atoms with Crippen LogP contribution in [-0.4, -0.2) is 15.0 Å². The first kappa shape index (κ1) is 9.20. The van der Waals surface area contributed by atoms with Crippen molar-refractivity contribution in [3.8, 4) is 6.07 Å². The number of hydrogen-bond donors (Lipinski definition) is 0. The Bertz CT molecular complexity index is 330. The number of rotatable bonds is 2. The lowest BCUT2D eigenvalue weighted by molar-refractivity contribution is 0.304. The van der Waals surface area contributed by atoms with Crippen LogP contribution in [-0.2, 0) is 6.54 Å². The normalized spacial score (nSPS) is 17.9. The Kier molecular flexibility index (Phi) is 2.78. The van der Waals surface area contributed by atoms with E-state index in [4.69, 9.17) is 5.26 Å². The highest BCUT2D eigenvalue weighted by Gasteiger charge is 2.15. The van der Waals surface area contributed by atoms with Gasteiger partial charge >= 0.3 is 0 Å². The van der Waals surface area contributed by atoms with Crippen molar-refractivity contribution in [2.45, 2.75) is 38.6 Å². The first-order chi connectivity index (χ1) is 6.90. The minimum atomic E-state index is 0.579. The standard InChI is InChI=1S/C10H14N4/c11-6-10-7-12-13-14(10)8-9-4-2-1-3-5-9/h7,9H,1-5,8H2. The minimum absolute atomic E-state index is 0.579. The van der Waals surface area contributed by atoms with Crippen LogP contribution in [0, 0.1) is 17.2 Å². The largest absolute Gasteiger partial charge is 0.234 e. The summed E-state index contributed by atoms with van der Waals surface area (Å²) in [5.41, 5.74) is 0.579. The molecule has 4 heteroatoms. The van der Waals surface area contributed by atoms with Gasteiger partial charge in [0.25, 0.3) is 0 Å². The molecule has 74 valence electrons. The molecule has 0 saturated heterocycles. The first-order valence-corrected chi connectivity index (χ1v) is 5.19. The van der Waals surface area contributed by atoms with Gasteiger partial charge in [0.1, 0.15) is 6.07 Å². The molecule has 0 aliphatic heterocycles. The Morgan fingerprint density at radius 3 is 2.93 bits per heavy atom. The fourth-order valence-electron chi connectivity index (χ4n) is 2.09. The van der Waals surface area contributed by atoms with Gasteiger partial charge in [-0.1, -0.05) is 24.5 Å². The average Bonchev–Trinajstić information content (AvgIpc) is 2.67. The Morgan fingerprint density at radius 2 is 2.21 bits per heavy atom. The van der Waals surface area contributed by atoms with E-state index in [-0.39, 0.29) is 0 Å². The smallest absolute Gasteiger partial charge is 0.158 e. The maximum atomic E-state index is 8.79. The molecule has 0 bridgehead atoms. The van der Waals surface area contributed by atoms with Gasteiger partial charge in [-0.25, -0.2) is 4.68 Å². The molecule has 2 rings (SSSR count). The average molecular weight is 190 g/mol. The quantitative estimate of drug-likeness (QED) is 0.713. The molecule has 4 nitrogen and oxygen atoms in total. The van der Waals surface area contributed by atoms with Gasteiger partial charge in [-0.2, -0.15) is 5.26 Å². The molecule has 0 radical (unpaired) electrons. The van der Waals surface area contributed by atoms with Crippen LogP contribution in [0.4, 0.5) is 0 Å². The third-order valence-electron chi connectivity index (χ3n) is 2.89. The van der Waals surface area contributed by atoms with E-state index in [1.54, 1.807) is 4.68 Å². The van der Waals surface area contributed by atoms with E-state index in [2.05, 4.69) is 16.4 Å². The van der Waals surface area contributed by atoms with Crippen molar-refractivity contribution in [1.29, 1.82) is 5.26 Å². The predicted molar refractivity (Wildman–Crippen MR) is 51.3 cm³/mol. The summed E-state index contributed by atoms with van der Waals surface area (Å²) in [4.78, 5) is 0. The van der Waals surface area contributed by atoms with Crippen LogP contribution < -0.4 is 0 Å². The van der Waals surface area contributed by atoms with Crippen LogP contribution in [0.2, 0.25) is 0 Å². The highest BCUT2D eigenvalue weighted by molar-refractivity contribution is 5.14. The lowest BCUT2D eigenvalue weighted by Crippen LogP contribution is -2.16. The van der Waals surface area contributed by atoms with Crippen LogP contribution in [0.25, 0.3) is 0 Å². The number of nitriles is 1. The molecule has 0 unspecified atom stereocenters. The maximum absolute atomic E-state index is 8.79. The first-order valence-electron chi connectivity index (χ1n) is 5.19. The molecule has 1 saturated carbocycles. The third kappa shape index (κ3) is 1.92. The molecule has 1 heterocycles. The summed E-state index contributed by atoms with van der Waals surface area (Å²) < 4.78 is 1.73. The minimum Gasteiger partial charge on any atom is -0.234 e. The second-order valence-corrected chi connectivity index (χ2v) is 3.92. The van der Waals surface area contributed by atoms with Crippen LogP contribution in [0.1, 0.15) is 37.8 Å². The molecule has 0 atom stereocenters. The molecular weight excluding hydrogens is 176 g/mol. The van der Waals surface area contributed by atoms with Gasteiger partial charge in [-0.15, -0.1) is 5.10 Å². The van der Waals surface area contributed by atoms with Crippen molar-refractivity contribution in [3.63, 3.8) is 0 Å². The van der Waals surface area contributed by atoms with E-state index < -0.39 is 0 Å². The summed E-state index contributed by atoms with van der Waals surface area (Å²) in [6, 6.07) is 2.10. The molecule has 1 aliphatic carbocycles. The summed E-state index contributed by atoms with van der Waals surface area (Å²) in [6.45, 7) is 0.864. The zero-order valence-electron chi connectivity index (χ0n) is 8.19. The predicted octanol–water partition coefficient (Wildman–Crippen LogP) is 1.73. The summed E-state index contributed by atoms with van der Waals surface area (Å²) in [6.07, 6.45) is 8.07. The van der Waals surface area contributed by atoms with E-state index in [0.29, 0.717) is 11.6 Å². The third-order valence-corrected chi connectivity index (χ3v) is 2.89. The molecule has 0 aromatic carbocycles. The van der Waals surface area contributed by atoms with Crippen LogP contribution >= 0.6 is 0 Å². The summed E-state index contributed by atoms with van der Waals surface area (Å²) in [7, 11) is 0. The SMILES string of the molecule is N#Cc1cnnn1CC1CCCCC1. The van der Waals surface area contributed by atoms with Crippen molar-refractivity contribution in [2.75, 3.05) is 0 Å². The van der Waals surface area contributed by atoms with Gasteiger partial charge in [0.15, 0.2) is 5.69 Å². The molecule has 0 N–H and O–H groups in total. The van der Waals surface area contributed by atoms with E-state index in [1.807, 2.05) is 0 Å². The molecule has 1 aliphatic rings. The van der Waals surface area contributed by atoms with Gasteiger partial charge in [0.05, 0.1) is 6.20 Å². The number of hydrogen-bond acceptors (Lipinski definition) is 3. The lowest BCUT2D eigenvalue weighted by Gasteiger charge is -2.21. The lowest BCUT2D eigenvalue weighted by atomic mass is 9.89. The summed E-state index contributed by atoms with van der Waals surface area (Å²) >= 11 is 0.